The summed E-state index contributed by atoms with van der Waals surface area (Å²) in [5.41, 5.74) is 0.436. The van der Waals surface area contributed by atoms with Crippen molar-refractivity contribution in [2.45, 2.75) is 9.79 Å². The van der Waals surface area contributed by atoms with Crippen LogP contribution in [-0.4, -0.2) is 31.7 Å². The van der Waals surface area contributed by atoms with Crippen LogP contribution >= 0.6 is 0 Å². The van der Waals surface area contributed by atoms with Crippen LogP contribution in [0.1, 0.15) is 0 Å². The van der Waals surface area contributed by atoms with Gasteiger partial charge in [0.15, 0.2) is 5.58 Å². The second-order valence-electron chi connectivity index (χ2n) is 5.38. The Morgan fingerprint density at radius 1 is 1.15 bits per heavy atom. The van der Waals surface area contributed by atoms with E-state index < -0.39 is 26.1 Å². The molecule has 1 unspecified atom stereocenters. The second-order valence-corrected chi connectivity index (χ2v) is 7.71. The molecule has 0 aliphatic heterocycles. The molecule has 0 spiro atoms. The third-order valence-corrected chi connectivity index (χ3v) is 5.27. The zero-order chi connectivity index (χ0) is 18.5. The van der Waals surface area contributed by atoms with Crippen LogP contribution in [0.15, 0.2) is 62.9 Å². The fourth-order valence-electron chi connectivity index (χ4n) is 2.65. The molecule has 0 aliphatic rings. The number of hydrogen-bond acceptors (Lipinski definition) is 7. The highest BCUT2D eigenvalue weighted by Crippen LogP contribution is 2.34. The maximum absolute atomic E-state index is 11.8. The lowest BCUT2D eigenvalue weighted by Crippen LogP contribution is -1.99. The molecule has 4 aromatic rings. The fourth-order valence-corrected chi connectivity index (χ4v) is 3.70. The van der Waals surface area contributed by atoms with E-state index in [1.165, 1.54) is 24.4 Å². The van der Waals surface area contributed by atoms with Gasteiger partial charge in [-0.15, -0.1) is 0 Å². The molecule has 0 amide bonds. The van der Waals surface area contributed by atoms with Crippen molar-refractivity contribution >= 4 is 43.1 Å². The van der Waals surface area contributed by atoms with Crippen LogP contribution in [0.5, 0.6) is 0 Å². The highest BCUT2D eigenvalue weighted by atomic mass is 32.2. The number of hydrogen-bond donors (Lipinski definition) is 1. The molecule has 0 saturated heterocycles. The van der Waals surface area contributed by atoms with Gasteiger partial charge in [-0.25, -0.2) is 4.98 Å². The molecule has 2 heterocycles. The van der Waals surface area contributed by atoms with Crippen molar-refractivity contribution in [1.82, 2.24) is 9.97 Å². The highest BCUT2D eigenvalue weighted by Gasteiger charge is 2.23. The van der Waals surface area contributed by atoms with E-state index >= 15 is 0 Å². The normalized spacial score (nSPS) is 13.3. The van der Waals surface area contributed by atoms with E-state index in [4.69, 9.17) is 4.42 Å². The zero-order valence-corrected chi connectivity index (χ0v) is 14.5. The molecule has 1 N–H and O–H groups in total. The third kappa shape index (κ3) is 2.78. The smallest absolute Gasteiger partial charge is 0.298 e. The van der Waals surface area contributed by atoms with Crippen molar-refractivity contribution in [1.29, 1.82) is 0 Å². The van der Waals surface area contributed by atoms with Crippen molar-refractivity contribution in [2.24, 2.45) is 0 Å². The largest absolute Gasteiger partial charge is 0.768 e. The summed E-state index contributed by atoms with van der Waals surface area (Å²) in [6, 6.07) is 10.4. The molecule has 0 saturated carbocycles. The van der Waals surface area contributed by atoms with Crippen molar-refractivity contribution in [3.8, 4) is 11.6 Å². The molecule has 2 aromatic heterocycles. The van der Waals surface area contributed by atoms with Gasteiger partial charge in [0.05, 0.1) is 0 Å². The summed E-state index contributed by atoms with van der Waals surface area (Å²) in [6.07, 6.45) is 1.53. The average molecular weight is 389 g/mol. The van der Waals surface area contributed by atoms with E-state index in [-0.39, 0.29) is 27.3 Å². The average Bonchev–Trinajstić information content (AvgIpc) is 3.05. The monoisotopic (exact) mass is 389 g/mol. The molecule has 2 aromatic carbocycles. The molecule has 26 heavy (non-hydrogen) atoms. The molecular weight excluding hydrogens is 380 g/mol. The maximum atomic E-state index is 11.8. The first-order valence-corrected chi connectivity index (χ1v) is 9.71. The molecule has 0 radical (unpaired) electrons. The first kappa shape index (κ1) is 16.8. The van der Waals surface area contributed by atoms with Crippen LogP contribution in [0.4, 0.5) is 0 Å². The summed E-state index contributed by atoms with van der Waals surface area (Å²) in [7, 11) is -4.63. The summed E-state index contributed by atoms with van der Waals surface area (Å²) < 4.78 is 61.0. The van der Waals surface area contributed by atoms with Crippen molar-refractivity contribution in [3.63, 3.8) is 0 Å². The summed E-state index contributed by atoms with van der Waals surface area (Å²) >= 11 is -2.49. The lowest BCUT2D eigenvalue weighted by Gasteiger charge is -2.07. The van der Waals surface area contributed by atoms with Crippen LogP contribution in [0.3, 0.4) is 0 Å². The van der Waals surface area contributed by atoms with Crippen LogP contribution in [0.25, 0.3) is 33.5 Å². The minimum absolute atomic E-state index is 0.0217. The predicted octanol–water partition coefficient (Wildman–Crippen LogP) is 2.53. The number of nitrogens with zero attached hydrogens (tertiary/aromatic N) is 2. The summed E-state index contributed by atoms with van der Waals surface area (Å²) in [4.78, 5) is 7.89. The van der Waals surface area contributed by atoms with E-state index in [1.54, 1.807) is 18.2 Å². The van der Waals surface area contributed by atoms with Gasteiger partial charge in [0.2, 0.25) is 5.89 Å². The Balaban J connectivity index is 2.12. The molecule has 8 nitrogen and oxygen atoms in total. The minimum atomic E-state index is -4.63. The van der Waals surface area contributed by atoms with Gasteiger partial charge in [-0.05, 0) is 46.8 Å². The topological polar surface area (TPSA) is 133 Å². The molecule has 0 aliphatic carbocycles. The Morgan fingerprint density at radius 3 is 2.62 bits per heavy atom. The summed E-state index contributed by atoms with van der Waals surface area (Å²) in [6.45, 7) is 0. The molecule has 1 atom stereocenters. The minimum Gasteiger partial charge on any atom is -0.768 e. The molecular formula is C16H9N2O6S2-. The fraction of sp³-hybridized carbons (Fsp3) is 0. The summed E-state index contributed by atoms with van der Waals surface area (Å²) in [5, 5.41) is 0.764. The predicted molar refractivity (Wildman–Crippen MR) is 91.7 cm³/mol. The lowest BCUT2D eigenvalue weighted by molar-refractivity contribution is 0.482. The van der Waals surface area contributed by atoms with Crippen molar-refractivity contribution in [3.05, 3.63) is 48.7 Å². The number of pyridine rings is 1. The van der Waals surface area contributed by atoms with Crippen LogP contribution in [0.2, 0.25) is 0 Å². The number of oxazole rings is 1. The standard InChI is InChI=1S/C16H10N2O6S2/c19-25(20)10-4-5-11-9(7-10)8-13(26(21,22)23)15-14(11)18-16(24-15)12-3-1-2-6-17-12/h1-8H,(H,19,20)(H,21,22,23)/p-1. The Bertz CT molecular complexity index is 1280. The van der Waals surface area contributed by atoms with Gasteiger partial charge in [0.1, 0.15) is 16.1 Å². The van der Waals surface area contributed by atoms with Gasteiger partial charge in [0, 0.05) is 16.5 Å². The molecule has 132 valence electrons. The van der Waals surface area contributed by atoms with Crippen LogP contribution < -0.4 is 0 Å². The lowest BCUT2D eigenvalue weighted by atomic mass is 10.1. The highest BCUT2D eigenvalue weighted by molar-refractivity contribution is 7.86. The molecule has 4 rings (SSSR count). The second kappa shape index (κ2) is 5.95. The number of aromatic nitrogens is 2. The van der Waals surface area contributed by atoms with Crippen LogP contribution in [-0.2, 0) is 21.2 Å². The van der Waals surface area contributed by atoms with Gasteiger partial charge in [-0.3, -0.25) is 13.7 Å². The number of rotatable bonds is 3. The Morgan fingerprint density at radius 2 is 1.96 bits per heavy atom. The SMILES string of the molecule is O=S([O-])c1ccc2c(c1)cc(S(=O)(=O)O)c1oc(-c3ccccn3)nc12. The third-order valence-electron chi connectivity index (χ3n) is 3.77. The van der Waals surface area contributed by atoms with Gasteiger partial charge in [-0.1, -0.05) is 12.1 Å². The van der Waals surface area contributed by atoms with E-state index in [0.717, 1.165) is 6.07 Å². The van der Waals surface area contributed by atoms with E-state index in [1.807, 2.05) is 0 Å². The van der Waals surface area contributed by atoms with Gasteiger partial charge < -0.3 is 8.97 Å². The first-order valence-electron chi connectivity index (χ1n) is 7.20. The van der Waals surface area contributed by atoms with Gasteiger partial charge in [-0.2, -0.15) is 8.42 Å². The number of fused-ring (bicyclic) bond motifs is 3. The van der Waals surface area contributed by atoms with Crippen molar-refractivity contribution in [2.75, 3.05) is 0 Å². The van der Waals surface area contributed by atoms with Gasteiger partial charge >= 0.3 is 0 Å². The van der Waals surface area contributed by atoms with Crippen molar-refractivity contribution < 1.29 is 26.1 Å². The molecule has 0 bridgehead atoms. The molecule has 0 fully saturated rings. The Kier molecular flexibility index (Phi) is 3.84. The quantitative estimate of drug-likeness (QED) is 0.417. The molecule has 10 heteroatoms. The summed E-state index contributed by atoms with van der Waals surface area (Å²) in [5.74, 6) is 0.0782. The Hall–Kier alpha value is -2.66. The zero-order valence-electron chi connectivity index (χ0n) is 12.8. The van der Waals surface area contributed by atoms with E-state index in [9.17, 15) is 21.7 Å². The van der Waals surface area contributed by atoms with E-state index in [0.29, 0.717) is 11.1 Å². The van der Waals surface area contributed by atoms with Crippen LogP contribution in [0, 0.1) is 0 Å². The Labute approximate surface area is 149 Å². The first-order chi connectivity index (χ1) is 12.3. The van der Waals surface area contributed by atoms with Gasteiger partial charge in [0.25, 0.3) is 10.1 Å². The maximum Gasteiger partial charge on any atom is 0.298 e. The number of benzene rings is 2. The van der Waals surface area contributed by atoms with E-state index in [2.05, 4.69) is 9.97 Å².